The third kappa shape index (κ3) is 3.83. The number of fused-ring (bicyclic) bond motifs is 7. The number of hydrogen-bond acceptors (Lipinski definition) is 6. The van der Waals surface area contributed by atoms with Gasteiger partial charge >= 0.3 is 5.97 Å². The summed E-state index contributed by atoms with van der Waals surface area (Å²) in [6, 6.07) is 0. The molecule has 0 aromatic carbocycles. The van der Waals surface area contributed by atoms with Crippen LogP contribution in [-0.2, 0) is 14.3 Å². The SMILES string of the molecule is CCC(=O)O[C@@H]([C@H]1C[C@@H](C)[C@H]2[C@H](O1)[C@H](O)[C@@]1(C)[C@@H]3CC[C@H]4C(C)(C)[C@@H](O)CC[C@]4(C)[C@]3(C)CC[C@]21C)C(C)(C)O. The third-order valence-electron chi connectivity index (χ3n) is 14.5. The summed E-state index contributed by atoms with van der Waals surface area (Å²) in [7, 11) is 0. The van der Waals surface area contributed by atoms with Crippen LogP contribution in [0.3, 0.4) is 0 Å². The molecule has 1 aliphatic heterocycles. The van der Waals surface area contributed by atoms with Gasteiger partial charge in [0.2, 0.25) is 0 Å². The molecule has 0 radical (unpaired) electrons. The molecule has 3 N–H and O–H groups in total. The second kappa shape index (κ2) is 9.40. The maximum Gasteiger partial charge on any atom is 0.305 e. The zero-order chi connectivity index (χ0) is 29.8. The van der Waals surface area contributed by atoms with E-state index in [2.05, 4.69) is 48.5 Å². The molecule has 0 bridgehead atoms. The molecule has 6 nitrogen and oxygen atoms in total. The number of hydrogen-bond donors (Lipinski definition) is 3. The lowest BCUT2D eigenvalue weighted by molar-refractivity contribution is -0.256. The van der Waals surface area contributed by atoms with Crippen LogP contribution < -0.4 is 0 Å². The summed E-state index contributed by atoms with van der Waals surface area (Å²) in [6.45, 7) is 21.8. The van der Waals surface area contributed by atoms with Gasteiger partial charge in [-0.2, -0.15) is 0 Å². The second-order valence-electron chi connectivity index (χ2n) is 16.8. The number of esters is 1. The third-order valence-corrected chi connectivity index (χ3v) is 14.5. The summed E-state index contributed by atoms with van der Waals surface area (Å²) in [5.41, 5.74) is -1.61. The summed E-state index contributed by atoms with van der Waals surface area (Å²) < 4.78 is 12.6. The highest BCUT2D eigenvalue weighted by atomic mass is 16.6. The number of aliphatic hydroxyl groups is 3. The highest BCUT2D eigenvalue weighted by Gasteiger charge is 2.77. The van der Waals surface area contributed by atoms with Gasteiger partial charge in [-0.05, 0) is 104 Å². The fourth-order valence-corrected chi connectivity index (χ4v) is 12.0. The Balaban J connectivity index is 1.51. The van der Waals surface area contributed by atoms with E-state index in [0.717, 1.165) is 38.5 Å². The molecule has 0 aromatic heterocycles. The predicted molar refractivity (Wildman–Crippen MR) is 155 cm³/mol. The van der Waals surface area contributed by atoms with E-state index in [1.54, 1.807) is 20.8 Å². The second-order valence-corrected chi connectivity index (χ2v) is 16.8. The van der Waals surface area contributed by atoms with Gasteiger partial charge in [-0.25, -0.2) is 0 Å². The molecule has 6 heteroatoms. The van der Waals surface area contributed by atoms with E-state index in [0.29, 0.717) is 18.3 Å². The fourth-order valence-electron chi connectivity index (χ4n) is 12.0. The Hall–Kier alpha value is -0.690. The van der Waals surface area contributed by atoms with Gasteiger partial charge < -0.3 is 24.8 Å². The van der Waals surface area contributed by atoms with Crippen LogP contribution in [0.1, 0.15) is 121 Å². The van der Waals surface area contributed by atoms with Gasteiger partial charge in [0.1, 0.15) is 0 Å². The Bertz CT molecular complexity index is 1000. The largest absolute Gasteiger partial charge is 0.457 e. The molecule has 0 unspecified atom stereocenters. The van der Waals surface area contributed by atoms with Gasteiger partial charge in [-0.1, -0.05) is 55.4 Å². The van der Waals surface area contributed by atoms with Gasteiger partial charge in [-0.3, -0.25) is 4.79 Å². The van der Waals surface area contributed by atoms with E-state index in [9.17, 15) is 20.1 Å². The van der Waals surface area contributed by atoms with Crippen LogP contribution in [0.15, 0.2) is 0 Å². The molecule has 5 rings (SSSR count). The Labute approximate surface area is 243 Å². The highest BCUT2D eigenvalue weighted by molar-refractivity contribution is 5.69. The molecule has 230 valence electrons. The Morgan fingerprint density at radius 2 is 1.52 bits per heavy atom. The monoisotopic (exact) mass is 562 g/mol. The first-order valence-electron chi connectivity index (χ1n) is 16.2. The van der Waals surface area contributed by atoms with E-state index < -0.39 is 23.9 Å². The Kier molecular flexibility index (Phi) is 7.23. The molecule has 13 atom stereocenters. The van der Waals surface area contributed by atoms with E-state index in [1.165, 1.54) is 0 Å². The van der Waals surface area contributed by atoms with Crippen molar-refractivity contribution in [2.45, 2.75) is 157 Å². The lowest BCUT2D eigenvalue weighted by Crippen LogP contribution is -2.67. The van der Waals surface area contributed by atoms with Gasteiger partial charge in [0.25, 0.3) is 0 Å². The van der Waals surface area contributed by atoms with Crippen LogP contribution in [-0.4, -0.2) is 57.4 Å². The Morgan fingerprint density at radius 1 is 0.950 bits per heavy atom. The summed E-state index contributed by atoms with van der Waals surface area (Å²) >= 11 is 0. The van der Waals surface area contributed by atoms with Crippen molar-refractivity contribution in [3.05, 3.63) is 0 Å². The molecule has 1 saturated heterocycles. The van der Waals surface area contributed by atoms with Crippen LogP contribution in [0.5, 0.6) is 0 Å². The van der Waals surface area contributed by atoms with E-state index in [1.807, 2.05) is 0 Å². The smallest absolute Gasteiger partial charge is 0.305 e. The quantitative estimate of drug-likeness (QED) is 0.370. The molecule has 4 aliphatic carbocycles. The van der Waals surface area contributed by atoms with Crippen molar-refractivity contribution in [2.24, 2.45) is 50.7 Å². The van der Waals surface area contributed by atoms with Gasteiger partial charge in [0.05, 0.1) is 30.0 Å². The summed E-state index contributed by atoms with van der Waals surface area (Å²) in [6.07, 6.45) is 4.66. The summed E-state index contributed by atoms with van der Waals surface area (Å²) in [4.78, 5) is 12.3. The first-order valence-corrected chi connectivity index (χ1v) is 16.2. The minimum absolute atomic E-state index is 0.0605. The van der Waals surface area contributed by atoms with E-state index >= 15 is 0 Å². The zero-order valence-corrected chi connectivity index (χ0v) is 26.9. The van der Waals surface area contributed by atoms with Gasteiger partial charge in [0, 0.05) is 11.8 Å². The number of aliphatic hydroxyl groups excluding tert-OH is 2. The molecule has 0 aromatic rings. The van der Waals surface area contributed by atoms with Crippen LogP contribution in [0, 0.1) is 50.7 Å². The molecule has 5 fully saturated rings. The number of carbonyl (C=O) groups is 1. The molecule has 0 spiro atoms. The van der Waals surface area contributed by atoms with E-state index in [4.69, 9.17) is 9.47 Å². The molecular formula is C34H58O6. The van der Waals surface area contributed by atoms with Crippen molar-refractivity contribution in [1.29, 1.82) is 0 Å². The van der Waals surface area contributed by atoms with Gasteiger partial charge in [-0.15, -0.1) is 0 Å². The molecule has 0 amide bonds. The molecular weight excluding hydrogens is 504 g/mol. The van der Waals surface area contributed by atoms with Crippen molar-refractivity contribution in [1.82, 2.24) is 0 Å². The number of carbonyl (C=O) groups excluding carboxylic acids is 1. The van der Waals surface area contributed by atoms with Crippen LogP contribution in [0.4, 0.5) is 0 Å². The average Bonchev–Trinajstić information content (AvgIpc) is 3.04. The number of rotatable bonds is 4. The first kappa shape index (κ1) is 30.8. The molecule has 40 heavy (non-hydrogen) atoms. The highest BCUT2D eigenvalue weighted by Crippen LogP contribution is 2.79. The minimum atomic E-state index is -1.25. The van der Waals surface area contributed by atoms with E-state index in [-0.39, 0.29) is 63.5 Å². The Morgan fingerprint density at radius 3 is 2.12 bits per heavy atom. The summed E-state index contributed by atoms with van der Waals surface area (Å²) in [5, 5.41) is 34.5. The lowest BCUT2D eigenvalue weighted by atomic mass is 9.32. The average molecular weight is 563 g/mol. The van der Waals surface area contributed by atoms with Crippen LogP contribution in [0.2, 0.25) is 0 Å². The maximum atomic E-state index is 12.4. The van der Waals surface area contributed by atoms with Crippen LogP contribution in [0.25, 0.3) is 0 Å². The normalized spacial score (nSPS) is 52.5. The summed E-state index contributed by atoms with van der Waals surface area (Å²) in [5.74, 6) is 0.928. The number of ether oxygens (including phenoxy) is 2. The standard InChI is InChI=1S/C34H58O6/c1-11-24(36)40-28(30(5,6)38)20-18-19(2)25-26(39-20)27(37)34(10)22-13-12-21-29(3,4)23(35)14-15-31(21,7)32(22,8)16-17-33(25,34)9/h19-23,25-28,35,37-38H,11-18H2,1-10H3/t19-,20-,21+,22-,23+,25+,26+,27+,28+,31+,32-,33-,34-/m1/s1. The molecule has 5 aliphatic rings. The van der Waals surface area contributed by atoms with Crippen molar-refractivity contribution >= 4 is 5.97 Å². The van der Waals surface area contributed by atoms with Crippen molar-refractivity contribution in [3.63, 3.8) is 0 Å². The first-order chi connectivity index (χ1) is 18.3. The van der Waals surface area contributed by atoms with Crippen molar-refractivity contribution < 1.29 is 29.6 Å². The fraction of sp³-hybridized carbons (Fsp3) is 0.971. The maximum absolute atomic E-state index is 12.4. The van der Waals surface area contributed by atoms with Crippen molar-refractivity contribution in [2.75, 3.05) is 0 Å². The van der Waals surface area contributed by atoms with Crippen molar-refractivity contribution in [3.8, 4) is 0 Å². The zero-order valence-electron chi connectivity index (χ0n) is 26.9. The van der Waals surface area contributed by atoms with Gasteiger partial charge in [0.15, 0.2) is 6.10 Å². The predicted octanol–water partition coefficient (Wildman–Crippen LogP) is 5.89. The topological polar surface area (TPSA) is 96.2 Å². The lowest BCUT2D eigenvalue weighted by Gasteiger charge is -2.72. The minimum Gasteiger partial charge on any atom is -0.457 e. The molecule has 1 heterocycles. The van der Waals surface area contributed by atoms with Crippen LogP contribution >= 0.6 is 0 Å². The molecule has 4 saturated carbocycles.